The second kappa shape index (κ2) is 20.0. The molecule has 0 nitrogen and oxygen atoms in total. The zero-order chi connectivity index (χ0) is 17.2. The first kappa shape index (κ1) is 26.9. The average molecular weight is 379 g/mol. The molecule has 0 heterocycles. The van der Waals surface area contributed by atoms with E-state index in [0.717, 1.165) is 0 Å². The number of rotatable bonds is 18. The lowest BCUT2D eigenvalue weighted by Gasteiger charge is -2.28. The van der Waals surface area contributed by atoms with Crippen LogP contribution >= 0.6 is 7.26 Å². The minimum atomic E-state index is -0.636. The lowest BCUT2D eigenvalue weighted by atomic mass is 10.2. The van der Waals surface area contributed by atoms with Crippen molar-refractivity contribution >= 4 is 7.26 Å². The first-order chi connectivity index (χ1) is 11.2. The lowest BCUT2D eigenvalue weighted by molar-refractivity contribution is -0.00000536. The van der Waals surface area contributed by atoms with Crippen LogP contribution in [0.2, 0.25) is 0 Å². The van der Waals surface area contributed by atoms with Crippen molar-refractivity contribution in [3.8, 4) is 0 Å². The van der Waals surface area contributed by atoms with Crippen LogP contribution in [0, 0.1) is 0 Å². The van der Waals surface area contributed by atoms with Crippen molar-refractivity contribution < 1.29 is 12.4 Å². The smallest absolute Gasteiger partial charge is 0.0594 e. The van der Waals surface area contributed by atoms with Crippen LogP contribution in [-0.2, 0) is 0 Å². The summed E-state index contributed by atoms with van der Waals surface area (Å²) in [5.74, 6) is 0. The van der Waals surface area contributed by atoms with Crippen molar-refractivity contribution in [2.45, 2.75) is 118 Å². The van der Waals surface area contributed by atoms with Crippen molar-refractivity contribution in [2.75, 3.05) is 24.6 Å². The molecular weight excluding hydrogens is 331 g/mol. The molecule has 0 saturated carbocycles. The van der Waals surface area contributed by atoms with Gasteiger partial charge >= 0.3 is 0 Å². The molecule has 148 valence electrons. The van der Waals surface area contributed by atoms with Crippen LogP contribution in [0.25, 0.3) is 0 Å². The van der Waals surface area contributed by atoms with Crippen LogP contribution in [0.3, 0.4) is 0 Å². The maximum absolute atomic E-state index is 2.36. The van der Waals surface area contributed by atoms with Gasteiger partial charge in [0, 0.05) is 7.26 Å². The highest BCUT2D eigenvalue weighted by molar-refractivity contribution is 7.75. The fraction of sp³-hybridized carbons (Fsp3) is 1.00. The van der Waals surface area contributed by atoms with Crippen LogP contribution in [0.15, 0.2) is 0 Å². The molecule has 0 saturated heterocycles. The molecule has 0 aliphatic carbocycles. The Balaban J connectivity index is 0. The summed E-state index contributed by atoms with van der Waals surface area (Å²) in [6.07, 6.45) is 27.0. The van der Waals surface area contributed by atoms with E-state index in [4.69, 9.17) is 0 Å². The Bertz CT molecular complexity index is 206. The Morgan fingerprint density at radius 2 is 0.625 bits per heavy atom. The van der Waals surface area contributed by atoms with Gasteiger partial charge in [0.05, 0.1) is 24.6 Å². The Labute approximate surface area is 162 Å². The Kier molecular flexibility index (Phi) is 22.5. The first-order valence-corrected chi connectivity index (χ1v) is 13.6. The van der Waals surface area contributed by atoms with Gasteiger partial charge in [0.2, 0.25) is 0 Å². The monoisotopic (exact) mass is 378 g/mol. The number of hydrogen-bond acceptors (Lipinski definition) is 0. The van der Waals surface area contributed by atoms with Crippen LogP contribution in [0.5, 0.6) is 0 Å². The zero-order valence-electron chi connectivity index (χ0n) is 17.6. The van der Waals surface area contributed by atoms with E-state index in [2.05, 4.69) is 27.7 Å². The molecule has 0 aromatic heterocycles. The Morgan fingerprint density at radius 3 is 0.917 bits per heavy atom. The third-order valence-corrected chi connectivity index (χ3v) is 10.5. The van der Waals surface area contributed by atoms with E-state index in [1.807, 2.05) is 0 Å². The SMILES string of the molecule is CCCCCC[P+](CCCCC)(CCCCC)CCCCCC.[Cl-]. The lowest BCUT2D eigenvalue weighted by Crippen LogP contribution is -3.00. The van der Waals surface area contributed by atoms with Gasteiger partial charge in [-0.3, -0.25) is 0 Å². The maximum atomic E-state index is 2.36. The van der Waals surface area contributed by atoms with Gasteiger partial charge in [-0.15, -0.1) is 0 Å². The summed E-state index contributed by atoms with van der Waals surface area (Å²) >= 11 is 0. The summed E-state index contributed by atoms with van der Waals surface area (Å²) in [6.45, 7) is 9.41. The van der Waals surface area contributed by atoms with Crippen molar-refractivity contribution in [1.82, 2.24) is 0 Å². The quantitative estimate of drug-likeness (QED) is 0.217. The minimum Gasteiger partial charge on any atom is -1.00 e. The molecule has 0 N–H and O–H groups in total. The molecule has 2 heteroatoms. The highest BCUT2D eigenvalue weighted by atomic mass is 35.5. The molecule has 0 aliphatic rings. The molecule has 24 heavy (non-hydrogen) atoms. The van der Waals surface area contributed by atoms with E-state index in [9.17, 15) is 0 Å². The van der Waals surface area contributed by atoms with Crippen molar-refractivity contribution in [2.24, 2.45) is 0 Å². The summed E-state index contributed by atoms with van der Waals surface area (Å²) in [6, 6.07) is 0. The summed E-state index contributed by atoms with van der Waals surface area (Å²) in [7, 11) is -0.636. The molecule has 0 aromatic rings. The molecule has 0 bridgehead atoms. The van der Waals surface area contributed by atoms with Gasteiger partial charge in [-0.2, -0.15) is 0 Å². The third-order valence-electron chi connectivity index (χ3n) is 5.44. The molecule has 0 amide bonds. The normalized spacial score (nSPS) is 11.5. The maximum Gasteiger partial charge on any atom is 0.0594 e. The highest BCUT2D eigenvalue weighted by Gasteiger charge is 2.34. The fourth-order valence-corrected chi connectivity index (χ4v) is 8.73. The van der Waals surface area contributed by atoms with Crippen LogP contribution in [0.1, 0.15) is 118 Å². The van der Waals surface area contributed by atoms with Gasteiger partial charge in [-0.05, 0) is 38.5 Å². The van der Waals surface area contributed by atoms with E-state index in [1.54, 1.807) is 24.6 Å². The van der Waals surface area contributed by atoms with Crippen LogP contribution in [-0.4, -0.2) is 24.6 Å². The summed E-state index contributed by atoms with van der Waals surface area (Å²) < 4.78 is 0. The fourth-order valence-electron chi connectivity index (χ4n) is 3.81. The molecule has 0 unspecified atom stereocenters. The van der Waals surface area contributed by atoms with E-state index in [0.29, 0.717) is 0 Å². The molecule has 0 fully saturated rings. The van der Waals surface area contributed by atoms with Gasteiger partial charge in [-0.25, -0.2) is 0 Å². The van der Waals surface area contributed by atoms with Gasteiger partial charge in [0.1, 0.15) is 0 Å². The van der Waals surface area contributed by atoms with Crippen molar-refractivity contribution in [1.29, 1.82) is 0 Å². The minimum absolute atomic E-state index is 0. The topological polar surface area (TPSA) is 0 Å². The molecule has 0 atom stereocenters. The van der Waals surface area contributed by atoms with E-state index < -0.39 is 7.26 Å². The molecular formula is C22H48ClP. The van der Waals surface area contributed by atoms with Gasteiger partial charge < -0.3 is 12.4 Å². The predicted molar refractivity (Wildman–Crippen MR) is 114 cm³/mol. The van der Waals surface area contributed by atoms with Crippen LogP contribution < -0.4 is 12.4 Å². The van der Waals surface area contributed by atoms with Gasteiger partial charge in [-0.1, -0.05) is 79.1 Å². The first-order valence-electron chi connectivity index (χ1n) is 11.1. The predicted octanol–water partition coefficient (Wildman–Crippen LogP) is 5.55. The van der Waals surface area contributed by atoms with E-state index in [-0.39, 0.29) is 12.4 Å². The summed E-state index contributed by atoms with van der Waals surface area (Å²) in [5.41, 5.74) is 0. The molecule has 0 aliphatic heterocycles. The summed E-state index contributed by atoms with van der Waals surface area (Å²) in [4.78, 5) is 0. The van der Waals surface area contributed by atoms with Crippen molar-refractivity contribution in [3.05, 3.63) is 0 Å². The second-order valence-electron chi connectivity index (χ2n) is 7.77. The Hall–Kier alpha value is 0.720. The van der Waals surface area contributed by atoms with Gasteiger partial charge in [0.15, 0.2) is 0 Å². The molecule has 0 spiro atoms. The number of halogens is 1. The number of unbranched alkanes of at least 4 members (excludes halogenated alkanes) is 10. The largest absolute Gasteiger partial charge is 1.00 e. The summed E-state index contributed by atoms with van der Waals surface area (Å²) in [5, 5.41) is 0. The molecule has 0 aromatic carbocycles. The van der Waals surface area contributed by atoms with E-state index in [1.165, 1.54) is 89.9 Å². The average Bonchev–Trinajstić information content (AvgIpc) is 2.56. The van der Waals surface area contributed by atoms with Crippen molar-refractivity contribution in [3.63, 3.8) is 0 Å². The zero-order valence-corrected chi connectivity index (χ0v) is 19.2. The highest BCUT2D eigenvalue weighted by Crippen LogP contribution is 2.61. The van der Waals surface area contributed by atoms with Crippen LogP contribution in [0.4, 0.5) is 0 Å². The Morgan fingerprint density at radius 1 is 0.375 bits per heavy atom. The third kappa shape index (κ3) is 15.0. The van der Waals surface area contributed by atoms with Gasteiger partial charge in [0.25, 0.3) is 0 Å². The van der Waals surface area contributed by atoms with E-state index >= 15 is 0 Å². The number of hydrogen-bond donors (Lipinski definition) is 0. The standard InChI is InChI=1S/C22H48P.ClH/c1-5-9-13-17-21-23(19-15-11-7-3,20-16-12-8-4)22-18-14-10-6-2;/h5-22H2,1-4H3;1H/q+1;/p-1. The molecule has 0 rings (SSSR count). The molecule has 0 radical (unpaired) electrons. The second-order valence-corrected chi connectivity index (χ2v) is 12.2.